The molecule has 0 rings (SSSR count). The number of allylic oxidation sites excluding steroid dienone is 25. The predicted molar refractivity (Wildman–Crippen MR) is 317 cm³/mol. The maximum atomic E-state index is 12.9. The van der Waals surface area contributed by atoms with Crippen LogP contribution < -0.4 is 5.32 Å². The van der Waals surface area contributed by atoms with Crippen molar-refractivity contribution in [3.8, 4) is 0 Å². The van der Waals surface area contributed by atoms with Crippen molar-refractivity contribution in [2.45, 2.75) is 199 Å². The fraction of sp³-hybridized carbons (Fsp3) is 0.578. The second-order valence-corrected chi connectivity index (χ2v) is 21.0. The molecule has 3 N–H and O–H groups in total. The quantitative estimate of drug-likeness (QED) is 0.0243. The molecule has 0 aliphatic rings. The van der Waals surface area contributed by atoms with Gasteiger partial charge in [-0.15, -0.1) is 0 Å². The van der Waals surface area contributed by atoms with E-state index in [9.17, 15) is 19.4 Å². The second-order valence-electron chi connectivity index (χ2n) is 19.5. The third-order valence-corrected chi connectivity index (χ3v) is 12.5. The Balaban J connectivity index is 4.06. The molecule has 73 heavy (non-hydrogen) atoms. The van der Waals surface area contributed by atoms with Crippen molar-refractivity contribution in [2.75, 3.05) is 40.9 Å². The van der Waals surface area contributed by atoms with Crippen molar-refractivity contribution >= 4 is 13.7 Å². The Morgan fingerprint density at radius 3 is 1.21 bits per heavy atom. The van der Waals surface area contributed by atoms with E-state index in [4.69, 9.17) is 9.05 Å². The van der Waals surface area contributed by atoms with Gasteiger partial charge in [0.05, 0.1) is 39.9 Å². The third kappa shape index (κ3) is 55.7. The molecule has 0 bridgehead atoms. The smallest absolute Gasteiger partial charge is 0.387 e. The Bertz CT molecular complexity index is 1740. The Hall–Kier alpha value is -3.88. The lowest BCUT2D eigenvalue weighted by molar-refractivity contribution is -0.870. The normalized spacial score (nSPS) is 15.1. The summed E-state index contributed by atoms with van der Waals surface area (Å²) in [5.41, 5.74) is 0. The fourth-order valence-electron chi connectivity index (χ4n) is 7.11. The molecular formula is C64H106N2O6P+. The summed E-state index contributed by atoms with van der Waals surface area (Å²) in [5, 5.41) is 13.8. The van der Waals surface area contributed by atoms with Crippen LogP contribution in [0.1, 0.15) is 187 Å². The number of quaternary nitrogens is 1. The van der Waals surface area contributed by atoms with Gasteiger partial charge < -0.3 is 19.8 Å². The number of amides is 1. The monoisotopic (exact) mass is 1030 g/mol. The van der Waals surface area contributed by atoms with E-state index >= 15 is 0 Å². The van der Waals surface area contributed by atoms with E-state index in [1.165, 1.54) is 44.9 Å². The van der Waals surface area contributed by atoms with Crippen molar-refractivity contribution in [1.29, 1.82) is 0 Å². The van der Waals surface area contributed by atoms with Gasteiger partial charge in [0.1, 0.15) is 13.2 Å². The molecule has 0 radical (unpaired) electrons. The first-order valence-corrected chi connectivity index (χ1v) is 29.9. The number of phosphoric acid groups is 1. The van der Waals surface area contributed by atoms with Crippen LogP contribution in [0.5, 0.6) is 0 Å². The summed E-state index contributed by atoms with van der Waals surface area (Å²) in [4.78, 5) is 23.2. The largest absolute Gasteiger partial charge is 0.472 e. The first-order valence-electron chi connectivity index (χ1n) is 28.4. The van der Waals surface area contributed by atoms with Gasteiger partial charge in [0.15, 0.2) is 0 Å². The number of rotatable bonds is 49. The maximum absolute atomic E-state index is 12.9. The van der Waals surface area contributed by atoms with Crippen molar-refractivity contribution in [3.05, 3.63) is 158 Å². The summed E-state index contributed by atoms with van der Waals surface area (Å²) in [7, 11) is 1.52. The van der Waals surface area contributed by atoms with Gasteiger partial charge in [-0.1, -0.05) is 223 Å². The van der Waals surface area contributed by atoms with E-state index in [-0.39, 0.29) is 19.1 Å². The van der Waals surface area contributed by atoms with E-state index in [2.05, 4.69) is 165 Å². The lowest BCUT2D eigenvalue weighted by atomic mass is 10.0. The first kappa shape index (κ1) is 69.1. The van der Waals surface area contributed by atoms with Crippen molar-refractivity contribution in [3.63, 3.8) is 0 Å². The molecule has 0 aliphatic carbocycles. The Morgan fingerprint density at radius 2 is 0.795 bits per heavy atom. The average molecular weight is 1030 g/mol. The molecule has 0 saturated heterocycles. The minimum Gasteiger partial charge on any atom is -0.387 e. The number of hydrogen-bond acceptors (Lipinski definition) is 5. The number of phosphoric ester groups is 1. The maximum Gasteiger partial charge on any atom is 0.472 e. The molecule has 0 fully saturated rings. The lowest BCUT2D eigenvalue weighted by Crippen LogP contribution is -2.45. The summed E-state index contributed by atoms with van der Waals surface area (Å²) in [6.07, 6.45) is 83.7. The predicted octanol–water partition coefficient (Wildman–Crippen LogP) is 17.5. The highest BCUT2D eigenvalue weighted by atomic mass is 31.2. The van der Waals surface area contributed by atoms with Crippen LogP contribution >= 0.6 is 7.82 Å². The number of carbonyl (C=O) groups excluding carboxylic acids is 1. The number of unbranched alkanes of at least 4 members (excludes halogenated alkanes) is 12. The summed E-state index contributed by atoms with van der Waals surface area (Å²) in [6, 6.07) is -0.881. The topological polar surface area (TPSA) is 105 Å². The molecule has 0 aromatic heterocycles. The zero-order valence-electron chi connectivity index (χ0n) is 46.8. The summed E-state index contributed by atoms with van der Waals surface area (Å²) >= 11 is 0. The van der Waals surface area contributed by atoms with Crippen molar-refractivity contribution in [2.24, 2.45) is 0 Å². The van der Waals surface area contributed by atoms with Gasteiger partial charge >= 0.3 is 7.82 Å². The zero-order valence-corrected chi connectivity index (χ0v) is 47.7. The van der Waals surface area contributed by atoms with Crippen LogP contribution in [0.3, 0.4) is 0 Å². The van der Waals surface area contributed by atoms with Crippen LogP contribution in [0.2, 0.25) is 0 Å². The van der Waals surface area contributed by atoms with Crippen molar-refractivity contribution in [1.82, 2.24) is 5.32 Å². The SMILES string of the molecule is CC/C=C\C/C=C\C/C=C\C/C=C\C/C=C\C/C=C\C/C=C\C/C=C\C/C=C\C/C=C\CCCCCCCCCCCCC(=O)NC(COP(=O)(O)OCC[N+](C)(C)C)C(O)/C=C/CC/C=C/CC/C=C/CC. The molecule has 0 heterocycles. The molecule has 0 spiro atoms. The molecule has 0 aliphatic heterocycles. The highest BCUT2D eigenvalue weighted by Gasteiger charge is 2.27. The average Bonchev–Trinajstić information content (AvgIpc) is 3.35. The van der Waals surface area contributed by atoms with Crippen LogP contribution in [0.15, 0.2) is 158 Å². The minimum absolute atomic E-state index is 0.0446. The molecule has 0 aromatic rings. The van der Waals surface area contributed by atoms with Crippen molar-refractivity contribution < 1.29 is 32.9 Å². The van der Waals surface area contributed by atoms with Gasteiger partial charge in [-0.3, -0.25) is 13.8 Å². The summed E-state index contributed by atoms with van der Waals surface area (Å²) in [6.45, 7) is 4.51. The summed E-state index contributed by atoms with van der Waals surface area (Å²) < 4.78 is 23.5. The Morgan fingerprint density at radius 1 is 0.466 bits per heavy atom. The number of likely N-dealkylation sites (N-methyl/N-ethyl adjacent to an activating group) is 1. The van der Waals surface area contributed by atoms with Gasteiger partial charge in [0.25, 0.3) is 0 Å². The van der Waals surface area contributed by atoms with E-state index < -0.39 is 20.0 Å². The minimum atomic E-state index is -4.36. The highest BCUT2D eigenvalue weighted by Crippen LogP contribution is 2.43. The van der Waals surface area contributed by atoms with E-state index in [0.29, 0.717) is 17.4 Å². The standard InChI is InChI=1S/C64H105N2O6P/c1-6-8-10-12-14-16-18-19-20-21-22-23-24-25-26-27-28-29-30-31-32-33-34-35-36-37-38-39-40-41-42-43-44-45-46-47-48-50-52-54-56-58-64(68)65-62(61-72-73(69,70)71-60-59-66(3,4)5)63(67)57-55-53-51-49-17-15-13-11-9-7-2/h8-11,14,16-17,19-20,22-23,25-26,28-29,31-32,34-35,37-38,40-41,49,55,57,62-63,67H,6-7,12-13,15,18,21,24,27,30,33,36,39,42-48,50-54,56,58-61H2,1-5H3,(H-,65,68,69,70)/p+1/b10-8-,11-9+,16-14-,20-19-,23-22-,26-25-,29-28-,32-31-,35-34-,38-37-,41-40-,49-17+,57-55+. The zero-order chi connectivity index (χ0) is 53.5. The summed E-state index contributed by atoms with van der Waals surface area (Å²) in [5.74, 6) is -0.206. The van der Waals surface area contributed by atoms with Gasteiger partial charge in [-0.05, 0) is 116 Å². The van der Waals surface area contributed by atoms with E-state index in [1.807, 2.05) is 27.2 Å². The first-order chi connectivity index (χ1) is 35.5. The van der Waals surface area contributed by atoms with Crippen LogP contribution in [0, 0.1) is 0 Å². The molecular weight excluding hydrogens is 924 g/mol. The molecule has 3 atom stereocenters. The van der Waals surface area contributed by atoms with Gasteiger partial charge in [0.2, 0.25) is 5.91 Å². The fourth-order valence-corrected chi connectivity index (χ4v) is 7.84. The Kier molecular flexibility index (Phi) is 50.1. The van der Waals surface area contributed by atoms with E-state index in [1.54, 1.807) is 6.08 Å². The van der Waals surface area contributed by atoms with E-state index in [0.717, 1.165) is 122 Å². The molecule has 1 amide bonds. The highest BCUT2D eigenvalue weighted by molar-refractivity contribution is 7.47. The molecule has 9 heteroatoms. The number of nitrogens with zero attached hydrogens (tertiary/aromatic N) is 1. The number of aliphatic hydroxyl groups is 1. The number of carbonyl (C=O) groups is 1. The molecule has 3 unspecified atom stereocenters. The van der Waals surface area contributed by atoms with Gasteiger partial charge in [0, 0.05) is 6.42 Å². The Labute approximate surface area is 448 Å². The van der Waals surface area contributed by atoms with Crippen LogP contribution in [-0.4, -0.2) is 73.4 Å². The molecule has 0 saturated carbocycles. The number of hydrogen-bond donors (Lipinski definition) is 3. The second kappa shape index (κ2) is 53.0. The number of aliphatic hydroxyl groups excluding tert-OH is 1. The van der Waals surface area contributed by atoms with Gasteiger partial charge in [-0.25, -0.2) is 4.57 Å². The molecule has 0 aromatic carbocycles. The van der Waals surface area contributed by atoms with Crippen LogP contribution in [0.25, 0.3) is 0 Å². The molecule has 412 valence electrons. The molecule has 8 nitrogen and oxygen atoms in total. The van der Waals surface area contributed by atoms with Crippen LogP contribution in [0.4, 0.5) is 0 Å². The lowest BCUT2D eigenvalue weighted by Gasteiger charge is -2.25. The third-order valence-electron chi connectivity index (χ3n) is 11.5. The van der Waals surface area contributed by atoms with Gasteiger partial charge in [-0.2, -0.15) is 0 Å². The number of nitrogens with one attached hydrogen (secondary N) is 1. The van der Waals surface area contributed by atoms with Crippen LogP contribution in [-0.2, 0) is 18.4 Å².